The molecule has 0 aliphatic rings. The molecule has 0 atom stereocenters. The van der Waals surface area contributed by atoms with Gasteiger partial charge in [0.25, 0.3) is 11.6 Å². The zero-order valence-electron chi connectivity index (χ0n) is 17.4. The number of hydrogen-bond donors (Lipinski definition) is 1. The van der Waals surface area contributed by atoms with Gasteiger partial charge in [-0.15, -0.1) is 0 Å². The van der Waals surface area contributed by atoms with Gasteiger partial charge in [0, 0.05) is 6.07 Å². The van der Waals surface area contributed by atoms with Crippen LogP contribution in [-0.2, 0) is 16.1 Å². The van der Waals surface area contributed by atoms with Crippen LogP contribution in [0.1, 0.15) is 32.9 Å². The number of nitro benzene ring substituents is 1. The number of nitrogens with zero attached hydrogens (tertiary/aromatic N) is 3. The molecule has 0 fully saturated rings. The lowest BCUT2D eigenvalue weighted by Gasteiger charge is -2.10. The molecule has 0 radical (unpaired) electrons. The fraction of sp³-hybridized carbons (Fsp3) is 0.227. The number of esters is 1. The first-order valence-corrected chi connectivity index (χ1v) is 9.57. The molecule has 0 spiro atoms. The molecule has 0 aliphatic heterocycles. The minimum absolute atomic E-state index is 0.0802. The molecule has 1 aromatic heterocycles. The first kappa shape index (κ1) is 21.7. The third kappa shape index (κ3) is 4.95. The van der Waals surface area contributed by atoms with Crippen molar-refractivity contribution in [3.8, 4) is 0 Å². The Kier molecular flexibility index (Phi) is 6.44. The number of rotatable bonds is 7. The molecule has 3 rings (SSSR count). The minimum Gasteiger partial charge on any atom is -0.452 e. The summed E-state index contributed by atoms with van der Waals surface area (Å²) in [5.41, 5.74) is 2.83. The molecule has 1 N–H and O–H groups in total. The third-order valence-corrected chi connectivity index (χ3v) is 4.81. The molecule has 1 amide bonds. The van der Waals surface area contributed by atoms with E-state index in [-0.39, 0.29) is 11.4 Å². The van der Waals surface area contributed by atoms with E-state index in [1.165, 1.54) is 12.1 Å². The van der Waals surface area contributed by atoms with Crippen molar-refractivity contribution in [1.29, 1.82) is 0 Å². The Labute approximate surface area is 178 Å². The number of benzene rings is 2. The molecule has 31 heavy (non-hydrogen) atoms. The largest absolute Gasteiger partial charge is 0.452 e. The summed E-state index contributed by atoms with van der Waals surface area (Å²) in [6, 6.07) is 14.2. The summed E-state index contributed by atoms with van der Waals surface area (Å²) in [4.78, 5) is 35.4. The van der Waals surface area contributed by atoms with Gasteiger partial charge in [-0.1, -0.05) is 42.5 Å². The van der Waals surface area contributed by atoms with Crippen molar-refractivity contribution in [1.82, 2.24) is 9.78 Å². The van der Waals surface area contributed by atoms with E-state index in [0.29, 0.717) is 29.1 Å². The summed E-state index contributed by atoms with van der Waals surface area (Å²) in [6.07, 6.45) is 0. The maximum atomic E-state index is 12.6. The van der Waals surface area contributed by atoms with E-state index in [9.17, 15) is 19.7 Å². The second-order valence-electron chi connectivity index (χ2n) is 7.04. The SMILES string of the molecule is Cc1cccc([N+](=O)[O-])c1NC(=O)COC(=O)c1c(C)nn(Cc2ccccc2)c1C. The van der Waals surface area contributed by atoms with Crippen LogP contribution < -0.4 is 5.32 Å². The molecule has 2 aromatic carbocycles. The van der Waals surface area contributed by atoms with Crippen molar-refractivity contribution >= 4 is 23.3 Å². The zero-order valence-corrected chi connectivity index (χ0v) is 17.4. The molecule has 9 heteroatoms. The molecule has 0 unspecified atom stereocenters. The van der Waals surface area contributed by atoms with E-state index >= 15 is 0 Å². The van der Waals surface area contributed by atoms with Crippen LogP contribution in [0.4, 0.5) is 11.4 Å². The Morgan fingerprint density at radius 2 is 1.81 bits per heavy atom. The van der Waals surface area contributed by atoms with E-state index in [0.717, 1.165) is 5.56 Å². The van der Waals surface area contributed by atoms with Crippen LogP contribution in [0.5, 0.6) is 0 Å². The van der Waals surface area contributed by atoms with Gasteiger partial charge in [0.05, 0.1) is 22.9 Å². The van der Waals surface area contributed by atoms with E-state index in [1.807, 2.05) is 30.3 Å². The number of aromatic nitrogens is 2. The average Bonchev–Trinajstić information content (AvgIpc) is 3.01. The van der Waals surface area contributed by atoms with Gasteiger partial charge in [0.2, 0.25) is 0 Å². The summed E-state index contributed by atoms with van der Waals surface area (Å²) in [5, 5.41) is 18.0. The van der Waals surface area contributed by atoms with E-state index < -0.39 is 23.4 Å². The number of hydrogen-bond acceptors (Lipinski definition) is 6. The number of para-hydroxylation sites is 1. The van der Waals surface area contributed by atoms with Gasteiger partial charge in [0.15, 0.2) is 6.61 Å². The van der Waals surface area contributed by atoms with Gasteiger partial charge < -0.3 is 10.1 Å². The lowest BCUT2D eigenvalue weighted by Crippen LogP contribution is -2.22. The standard InChI is InChI=1S/C22H22N4O5/c1-14-8-7-11-18(26(29)30)21(14)23-19(27)13-31-22(28)20-15(2)24-25(16(20)3)12-17-9-5-4-6-10-17/h4-11H,12-13H2,1-3H3,(H,23,27). The smallest absolute Gasteiger partial charge is 0.342 e. The summed E-state index contributed by atoms with van der Waals surface area (Å²) in [5.74, 6) is -1.35. The maximum Gasteiger partial charge on any atom is 0.342 e. The fourth-order valence-corrected chi connectivity index (χ4v) is 3.25. The lowest BCUT2D eigenvalue weighted by molar-refractivity contribution is -0.384. The van der Waals surface area contributed by atoms with Gasteiger partial charge >= 0.3 is 5.97 Å². The molecule has 0 saturated carbocycles. The monoisotopic (exact) mass is 422 g/mol. The van der Waals surface area contributed by atoms with Gasteiger partial charge in [-0.25, -0.2) is 4.79 Å². The quantitative estimate of drug-likeness (QED) is 0.353. The topological polar surface area (TPSA) is 116 Å². The summed E-state index contributed by atoms with van der Waals surface area (Å²) in [7, 11) is 0. The predicted molar refractivity (Wildman–Crippen MR) is 114 cm³/mol. The maximum absolute atomic E-state index is 12.6. The number of carbonyl (C=O) groups is 2. The van der Waals surface area contributed by atoms with Crippen LogP contribution in [-0.4, -0.2) is 33.2 Å². The highest BCUT2D eigenvalue weighted by Crippen LogP contribution is 2.27. The Morgan fingerprint density at radius 3 is 2.48 bits per heavy atom. The summed E-state index contributed by atoms with van der Waals surface area (Å²) < 4.78 is 6.86. The third-order valence-electron chi connectivity index (χ3n) is 4.81. The zero-order chi connectivity index (χ0) is 22.5. The molecule has 3 aromatic rings. The molecule has 1 heterocycles. The lowest BCUT2D eigenvalue weighted by atomic mass is 10.1. The molecule has 0 bridgehead atoms. The Morgan fingerprint density at radius 1 is 1.10 bits per heavy atom. The van der Waals surface area contributed by atoms with Crippen LogP contribution in [0.2, 0.25) is 0 Å². The molecular weight excluding hydrogens is 400 g/mol. The average molecular weight is 422 g/mol. The van der Waals surface area contributed by atoms with E-state index in [4.69, 9.17) is 4.74 Å². The predicted octanol–water partition coefficient (Wildman–Crippen LogP) is 3.56. The first-order valence-electron chi connectivity index (χ1n) is 9.57. The molecule has 0 saturated heterocycles. The number of nitrogens with one attached hydrogen (secondary N) is 1. The van der Waals surface area contributed by atoms with Crippen molar-refractivity contribution in [2.75, 3.05) is 11.9 Å². The second kappa shape index (κ2) is 9.21. The summed E-state index contributed by atoms with van der Waals surface area (Å²) in [6.45, 7) is 5.02. The van der Waals surface area contributed by atoms with Gasteiger partial charge in [-0.05, 0) is 31.9 Å². The highest BCUT2D eigenvalue weighted by Gasteiger charge is 2.22. The molecule has 0 aliphatic carbocycles. The van der Waals surface area contributed by atoms with Crippen LogP contribution >= 0.6 is 0 Å². The number of carbonyl (C=O) groups excluding carboxylic acids is 2. The van der Waals surface area contributed by atoms with Crippen molar-refractivity contribution in [3.05, 3.63) is 86.7 Å². The Bertz CT molecular complexity index is 1140. The molecule has 160 valence electrons. The van der Waals surface area contributed by atoms with Crippen molar-refractivity contribution in [2.24, 2.45) is 0 Å². The van der Waals surface area contributed by atoms with Crippen LogP contribution in [0.3, 0.4) is 0 Å². The number of aryl methyl sites for hydroxylation is 2. The number of nitro groups is 1. The van der Waals surface area contributed by atoms with Crippen LogP contribution in [0.15, 0.2) is 48.5 Å². The highest BCUT2D eigenvalue weighted by atomic mass is 16.6. The highest BCUT2D eigenvalue weighted by molar-refractivity contribution is 5.98. The number of anilines is 1. The number of ether oxygens (including phenoxy) is 1. The van der Waals surface area contributed by atoms with Gasteiger partial charge in [-0.2, -0.15) is 5.10 Å². The van der Waals surface area contributed by atoms with Gasteiger partial charge in [0.1, 0.15) is 11.3 Å². The van der Waals surface area contributed by atoms with E-state index in [2.05, 4.69) is 10.4 Å². The van der Waals surface area contributed by atoms with E-state index in [1.54, 1.807) is 31.5 Å². The normalized spacial score (nSPS) is 10.5. The second-order valence-corrected chi connectivity index (χ2v) is 7.04. The van der Waals surface area contributed by atoms with Crippen LogP contribution in [0, 0.1) is 30.9 Å². The fourth-order valence-electron chi connectivity index (χ4n) is 3.25. The van der Waals surface area contributed by atoms with Gasteiger partial charge in [-0.3, -0.25) is 19.6 Å². The summed E-state index contributed by atoms with van der Waals surface area (Å²) >= 11 is 0. The molecular formula is C22H22N4O5. The van der Waals surface area contributed by atoms with Crippen molar-refractivity contribution < 1.29 is 19.2 Å². The Hall–Kier alpha value is -4.01. The van der Waals surface area contributed by atoms with Crippen molar-refractivity contribution in [2.45, 2.75) is 27.3 Å². The number of amides is 1. The van der Waals surface area contributed by atoms with Crippen LogP contribution in [0.25, 0.3) is 0 Å². The first-order chi connectivity index (χ1) is 14.8. The van der Waals surface area contributed by atoms with Crippen molar-refractivity contribution in [3.63, 3.8) is 0 Å². The molecule has 9 nitrogen and oxygen atoms in total. The minimum atomic E-state index is -0.677. The Balaban J connectivity index is 1.68.